The van der Waals surface area contributed by atoms with Crippen molar-refractivity contribution in [1.82, 2.24) is 5.32 Å². The molecule has 0 atom stereocenters. The highest BCUT2D eigenvalue weighted by Gasteiger charge is 2.01. The SMILES string of the molecule is CCCOCCOCCOCCNC(=O)OCCOCCOCCOCCOCCCCCCCCCCCCS. The lowest BCUT2D eigenvalue weighted by molar-refractivity contribution is -0.00689. The molecule has 11 heteroatoms. The van der Waals surface area contributed by atoms with Gasteiger partial charge in [0.1, 0.15) is 6.61 Å². The zero-order valence-electron chi connectivity index (χ0n) is 25.9. The molecule has 0 fully saturated rings. The van der Waals surface area contributed by atoms with Crippen LogP contribution in [-0.4, -0.2) is 117 Å². The van der Waals surface area contributed by atoms with Gasteiger partial charge in [-0.15, -0.1) is 0 Å². The third-order valence-electron chi connectivity index (χ3n) is 5.88. The second kappa shape index (κ2) is 37.4. The van der Waals surface area contributed by atoms with Gasteiger partial charge in [-0.1, -0.05) is 58.3 Å². The molecule has 0 aromatic carbocycles. The number of carbonyl (C=O) groups excluding carboxylic acids is 1. The van der Waals surface area contributed by atoms with Crippen molar-refractivity contribution in [3.63, 3.8) is 0 Å². The first kappa shape index (κ1) is 40.3. The van der Waals surface area contributed by atoms with Crippen molar-refractivity contribution in [2.45, 2.75) is 77.6 Å². The van der Waals surface area contributed by atoms with E-state index in [2.05, 4.69) is 24.9 Å². The maximum Gasteiger partial charge on any atom is 0.407 e. The first-order valence-corrected chi connectivity index (χ1v) is 16.5. The summed E-state index contributed by atoms with van der Waals surface area (Å²) in [5.41, 5.74) is 0. The van der Waals surface area contributed by atoms with Crippen LogP contribution in [0.5, 0.6) is 0 Å². The maximum absolute atomic E-state index is 11.6. The van der Waals surface area contributed by atoms with Gasteiger partial charge in [0.2, 0.25) is 0 Å². The Morgan fingerprint density at radius 1 is 0.463 bits per heavy atom. The summed E-state index contributed by atoms with van der Waals surface area (Å²) in [7, 11) is 0. The van der Waals surface area contributed by atoms with Crippen LogP contribution in [0.3, 0.4) is 0 Å². The average molecular weight is 612 g/mol. The van der Waals surface area contributed by atoms with Gasteiger partial charge in [-0.2, -0.15) is 12.6 Å². The number of alkyl carbamates (subject to hydrolysis) is 1. The number of rotatable bonds is 35. The van der Waals surface area contributed by atoms with E-state index in [0.29, 0.717) is 85.8 Å². The highest BCUT2D eigenvalue weighted by molar-refractivity contribution is 7.80. The Kier molecular flexibility index (Phi) is 36.8. The number of ether oxygens (including phenoxy) is 8. The predicted molar refractivity (Wildman–Crippen MR) is 165 cm³/mol. The Morgan fingerprint density at radius 2 is 0.829 bits per heavy atom. The largest absolute Gasteiger partial charge is 0.447 e. The minimum absolute atomic E-state index is 0.182. The highest BCUT2D eigenvalue weighted by atomic mass is 32.1. The first-order chi connectivity index (χ1) is 20.3. The molecule has 0 bridgehead atoms. The van der Waals surface area contributed by atoms with E-state index in [1.807, 2.05) is 0 Å². The minimum atomic E-state index is -0.490. The molecule has 0 aliphatic heterocycles. The van der Waals surface area contributed by atoms with Crippen LogP contribution in [0.25, 0.3) is 0 Å². The predicted octanol–water partition coefficient (Wildman–Crippen LogP) is 5.07. The van der Waals surface area contributed by atoms with Crippen molar-refractivity contribution < 1.29 is 42.7 Å². The van der Waals surface area contributed by atoms with Gasteiger partial charge in [-0.05, 0) is 25.0 Å². The Bertz CT molecular complexity index is 507. The minimum Gasteiger partial charge on any atom is -0.447 e. The molecule has 0 saturated carbocycles. The molecule has 0 radical (unpaired) electrons. The summed E-state index contributed by atoms with van der Waals surface area (Å²) in [5, 5.41) is 2.62. The van der Waals surface area contributed by atoms with Crippen LogP contribution in [0.4, 0.5) is 4.79 Å². The van der Waals surface area contributed by atoms with Gasteiger partial charge in [0, 0.05) is 19.8 Å². The number of carbonyl (C=O) groups is 1. The third-order valence-corrected chi connectivity index (χ3v) is 6.20. The van der Waals surface area contributed by atoms with Crippen molar-refractivity contribution in [3.05, 3.63) is 0 Å². The van der Waals surface area contributed by atoms with Gasteiger partial charge in [0.15, 0.2) is 0 Å². The quantitative estimate of drug-likeness (QED) is 0.0751. The summed E-state index contributed by atoms with van der Waals surface area (Å²) in [6.45, 7) is 10.2. The van der Waals surface area contributed by atoms with E-state index < -0.39 is 6.09 Å². The van der Waals surface area contributed by atoms with E-state index in [1.54, 1.807) is 0 Å². The molecule has 0 aliphatic carbocycles. The van der Waals surface area contributed by atoms with E-state index in [-0.39, 0.29) is 6.61 Å². The van der Waals surface area contributed by atoms with E-state index in [1.165, 1.54) is 57.8 Å². The van der Waals surface area contributed by atoms with Gasteiger partial charge in [0.05, 0.1) is 79.3 Å². The van der Waals surface area contributed by atoms with Gasteiger partial charge in [0.25, 0.3) is 0 Å². The zero-order chi connectivity index (χ0) is 29.7. The normalized spacial score (nSPS) is 11.3. The van der Waals surface area contributed by atoms with Gasteiger partial charge < -0.3 is 43.2 Å². The van der Waals surface area contributed by atoms with Crippen LogP contribution in [0.1, 0.15) is 77.6 Å². The molecule has 246 valence electrons. The monoisotopic (exact) mass is 611 g/mol. The standard InChI is InChI=1S/C30H61NO9S/c1-2-14-33-17-20-36-22-19-35-16-13-31-30(32)40-28-27-39-26-25-38-24-23-37-21-18-34-15-11-9-7-5-3-4-6-8-10-12-29-41/h41H,2-29H2,1H3,(H,31,32). The number of thiol groups is 1. The smallest absolute Gasteiger partial charge is 0.407 e. The Morgan fingerprint density at radius 3 is 1.29 bits per heavy atom. The Balaban J connectivity index is 3.12. The third kappa shape index (κ3) is 37.3. The van der Waals surface area contributed by atoms with Gasteiger partial charge in [-0.3, -0.25) is 0 Å². The fraction of sp³-hybridized carbons (Fsp3) is 0.967. The number of amides is 1. The molecule has 0 aromatic rings. The fourth-order valence-electron chi connectivity index (χ4n) is 3.65. The maximum atomic E-state index is 11.6. The topological polar surface area (TPSA) is 103 Å². The molecule has 0 unspecified atom stereocenters. The summed E-state index contributed by atoms with van der Waals surface area (Å²) in [5.74, 6) is 1.02. The van der Waals surface area contributed by atoms with Crippen molar-refractivity contribution >= 4 is 18.7 Å². The van der Waals surface area contributed by atoms with E-state index in [4.69, 9.17) is 37.9 Å². The molecule has 10 nitrogen and oxygen atoms in total. The fourth-order valence-corrected chi connectivity index (χ4v) is 3.87. The van der Waals surface area contributed by atoms with Crippen molar-refractivity contribution in [3.8, 4) is 0 Å². The lowest BCUT2D eigenvalue weighted by atomic mass is 10.1. The molecule has 0 rings (SSSR count). The summed E-state index contributed by atoms with van der Waals surface area (Å²) in [4.78, 5) is 11.6. The molecule has 41 heavy (non-hydrogen) atoms. The van der Waals surface area contributed by atoms with Crippen LogP contribution in [0.2, 0.25) is 0 Å². The van der Waals surface area contributed by atoms with Gasteiger partial charge in [-0.25, -0.2) is 4.79 Å². The lowest BCUT2D eigenvalue weighted by Crippen LogP contribution is -2.29. The summed E-state index contributed by atoms with van der Waals surface area (Å²) in [6, 6.07) is 0. The Labute approximate surface area is 255 Å². The van der Waals surface area contributed by atoms with Crippen molar-refractivity contribution in [2.75, 3.05) is 111 Å². The molecule has 0 aliphatic rings. The van der Waals surface area contributed by atoms with Crippen LogP contribution >= 0.6 is 12.6 Å². The zero-order valence-corrected chi connectivity index (χ0v) is 26.8. The molecule has 1 N–H and O–H groups in total. The molecular weight excluding hydrogens is 550 g/mol. The number of hydrogen-bond donors (Lipinski definition) is 2. The van der Waals surface area contributed by atoms with Crippen LogP contribution < -0.4 is 5.32 Å². The highest BCUT2D eigenvalue weighted by Crippen LogP contribution is 2.10. The van der Waals surface area contributed by atoms with Crippen molar-refractivity contribution in [2.24, 2.45) is 0 Å². The van der Waals surface area contributed by atoms with E-state index in [9.17, 15) is 4.79 Å². The molecule has 0 spiro atoms. The first-order valence-electron chi connectivity index (χ1n) is 15.9. The number of hydrogen-bond acceptors (Lipinski definition) is 10. The van der Waals surface area contributed by atoms with Crippen LogP contribution in [0.15, 0.2) is 0 Å². The summed E-state index contributed by atoms with van der Waals surface area (Å²) >= 11 is 4.25. The average Bonchev–Trinajstić information content (AvgIpc) is 2.98. The molecule has 0 saturated heterocycles. The lowest BCUT2D eigenvalue weighted by Gasteiger charge is -2.09. The second-order valence-electron chi connectivity index (χ2n) is 9.61. The second-order valence-corrected chi connectivity index (χ2v) is 10.1. The van der Waals surface area contributed by atoms with Crippen LogP contribution in [-0.2, 0) is 37.9 Å². The molecular formula is C30H61NO9S. The van der Waals surface area contributed by atoms with E-state index in [0.717, 1.165) is 31.8 Å². The summed E-state index contributed by atoms with van der Waals surface area (Å²) in [6.07, 6.45) is 13.6. The molecule has 0 heterocycles. The molecule has 1 amide bonds. The van der Waals surface area contributed by atoms with Crippen molar-refractivity contribution in [1.29, 1.82) is 0 Å². The van der Waals surface area contributed by atoms with Gasteiger partial charge >= 0.3 is 6.09 Å². The number of nitrogens with one attached hydrogen (secondary N) is 1. The summed E-state index contributed by atoms with van der Waals surface area (Å²) < 4.78 is 43.1. The number of unbranched alkanes of at least 4 members (excludes halogenated alkanes) is 9. The van der Waals surface area contributed by atoms with Crippen LogP contribution in [0, 0.1) is 0 Å². The molecule has 0 aromatic heterocycles. The van der Waals surface area contributed by atoms with E-state index >= 15 is 0 Å². The Hall–Kier alpha value is -0.660.